The maximum absolute atomic E-state index is 10.1. The van der Waals surface area contributed by atoms with Gasteiger partial charge in [0.05, 0.1) is 5.56 Å². The van der Waals surface area contributed by atoms with Crippen LogP contribution < -0.4 is 0 Å². The van der Waals surface area contributed by atoms with Crippen molar-refractivity contribution >= 4 is 22.7 Å². The fraction of sp³-hybridized carbons (Fsp3) is 0. The lowest BCUT2D eigenvalue weighted by Gasteiger charge is -2.05. The van der Waals surface area contributed by atoms with Crippen LogP contribution in [0, 0.1) is 0 Å². The molecule has 0 saturated carbocycles. The number of aromatic nitrogens is 4. The highest BCUT2D eigenvalue weighted by molar-refractivity contribution is 6.31. The Morgan fingerprint density at radius 3 is 2.68 bits per heavy atom. The summed E-state index contributed by atoms with van der Waals surface area (Å²) in [4.78, 5) is 4.38. The van der Waals surface area contributed by atoms with Crippen LogP contribution >= 0.6 is 11.6 Å². The molecule has 22 heavy (non-hydrogen) atoms. The monoisotopic (exact) mass is 312 g/mol. The van der Waals surface area contributed by atoms with Crippen LogP contribution in [0.2, 0.25) is 5.02 Å². The van der Waals surface area contributed by atoms with Gasteiger partial charge >= 0.3 is 0 Å². The average Bonchev–Trinajstić information content (AvgIpc) is 3.16. The molecule has 7 heteroatoms. The summed E-state index contributed by atoms with van der Waals surface area (Å²) >= 11 is 5.95. The standard InChI is InChI=1S/C15H9ClN4O2/c16-9-1-4-14-12(5-9)19-15(22-14)11-6-10(2-3-13(11)21)20-7-17-18-8-20/h1-8,21H. The van der Waals surface area contributed by atoms with Gasteiger partial charge in [-0.1, -0.05) is 11.6 Å². The van der Waals surface area contributed by atoms with Crippen LogP contribution in [-0.2, 0) is 0 Å². The summed E-state index contributed by atoms with van der Waals surface area (Å²) in [5, 5.41) is 18.2. The van der Waals surface area contributed by atoms with E-state index in [1.807, 2.05) is 0 Å². The molecule has 0 aliphatic heterocycles. The first-order valence-corrected chi connectivity index (χ1v) is 6.83. The topological polar surface area (TPSA) is 77.0 Å². The van der Waals surface area contributed by atoms with Crippen LogP contribution in [0.15, 0.2) is 53.5 Å². The summed E-state index contributed by atoms with van der Waals surface area (Å²) in [5.74, 6) is 0.402. The van der Waals surface area contributed by atoms with Crippen molar-refractivity contribution < 1.29 is 9.52 Å². The van der Waals surface area contributed by atoms with Crippen LogP contribution in [0.3, 0.4) is 0 Å². The lowest BCUT2D eigenvalue weighted by atomic mass is 10.1. The Morgan fingerprint density at radius 1 is 1.05 bits per heavy atom. The number of phenols is 1. The van der Waals surface area contributed by atoms with Crippen LogP contribution in [0.4, 0.5) is 0 Å². The molecule has 2 heterocycles. The summed E-state index contributed by atoms with van der Waals surface area (Å²) in [7, 11) is 0. The molecule has 4 aromatic rings. The molecule has 108 valence electrons. The van der Waals surface area contributed by atoms with E-state index in [-0.39, 0.29) is 5.75 Å². The number of hydrogen-bond donors (Lipinski definition) is 1. The number of hydrogen-bond acceptors (Lipinski definition) is 5. The Bertz CT molecular complexity index is 963. The minimum atomic E-state index is 0.0782. The molecule has 6 nitrogen and oxygen atoms in total. The van der Waals surface area contributed by atoms with E-state index in [4.69, 9.17) is 16.0 Å². The van der Waals surface area contributed by atoms with E-state index in [2.05, 4.69) is 15.2 Å². The van der Waals surface area contributed by atoms with Gasteiger partial charge in [-0.3, -0.25) is 4.57 Å². The van der Waals surface area contributed by atoms with Crippen molar-refractivity contribution in [2.75, 3.05) is 0 Å². The molecule has 0 saturated heterocycles. The van der Waals surface area contributed by atoms with Crippen molar-refractivity contribution in [1.82, 2.24) is 19.7 Å². The maximum Gasteiger partial charge on any atom is 0.231 e. The minimum absolute atomic E-state index is 0.0782. The number of benzene rings is 2. The van der Waals surface area contributed by atoms with Crippen molar-refractivity contribution in [2.45, 2.75) is 0 Å². The van der Waals surface area contributed by atoms with Gasteiger partial charge in [0.25, 0.3) is 0 Å². The Morgan fingerprint density at radius 2 is 1.86 bits per heavy atom. The van der Waals surface area contributed by atoms with Gasteiger partial charge in [0.15, 0.2) is 5.58 Å². The van der Waals surface area contributed by atoms with Gasteiger partial charge < -0.3 is 9.52 Å². The molecule has 4 rings (SSSR count). The second-order valence-corrected chi connectivity index (χ2v) is 5.14. The van der Waals surface area contributed by atoms with Crippen LogP contribution in [0.1, 0.15) is 0 Å². The molecule has 1 N–H and O–H groups in total. The molecule has 0 amide bonds. The Labute approximate surface area is 129 Å². The maximum atomic E-state index is 10.1. The van der Waals surface area contributed by atoms with E-state index in [9.17, 15) is 5.11 Å². The van der Waals surface area contributed by atoms with Gasteiger partial charge in [-0.25, -0.2) is 4.98 Å². The van der Waals surface area contributed by atoms with Gasteiger partial charge in [-0.15, -0.1) is 10.2 Å². The Kier molecular flexibility index (Phi) is 2.83. The summed E-state index contributed by atoms with van der Waals surface area (Å²) < 4.78 is 7.42. The van der Waals surface area contributed by atoms with Gasteiger partial charge in [0.1, 0.15) is 23.9 Å². The lowest BCUT2D eigenvalue weighted by molar-refractivity contribution is 0.474. The van der Waals surface area contributed by atoms with Gasteiger partial charge in [0.2, 0.25) is 5.89 Å². The number of phenolic OH excluding ortho intramolecular Hbond substituents is 1. The quantitative estimate of drug-likeness (QED) is 0.613. The zero-order valence-electron chi connectivity index (χ0n) is 11.1. The number of oxazole rings is 1. The van der Waals surface area contributed by atoms with Crippen molar-refractivity contribution in [3.8, 4) is 22.9 Å². The molecule has 0 aliphatic rings. The predicted octanol–water partition coefficient (Wildman–Crippen LogP) is 3.43. The normalized spacial score (nSPS) is 11.1. The summed E-state index contributed by atoms with van der Waals surface area (Å²) in [6.07, 6.45) is 3.14. The van der Waals surface area contributed by atoms with E-state index in [1.54, 1.807) is 53.6 Å². The van der Waals surface area contributed by atoms with Crippen LogP contribution in [0.25, 0.3) is 28.2 Å². The molecule has 0 bridgehead atoms. The molecule has 0 aliphatic carbocycles. The van der Waals surface area contributed by atoms with Gasteiger partial charge in [-0.2, -0.15) is 0 Å². The van der Waals surface area contributed by atoms with E-state index < -0.39 is 0 Å². The van der Waals surface area contributed by atoms with Crippen molar-refractivity contribution in [3.63, 3.8) is 0 Å². The Balaban J connectivity index is 1.88. The molecule has 0 radical (unpaired) electrons. The molecular formula is C15H9ClN4O2. The summed E-state index contributed by atoms with van der Waals surface area (Å²) in [6, 6.07) is 10.3. The highest BCUT2D eigenvalue weighted by Crippen LogP contribution is 2.33. The second kappa shape index (κ2) is 4.85. The number of halogens is 1. The zero-order chi connectivity index (χ0) is 15.1. The first-order chi connectivity index (χ1) is 10.7. The lowest BCUT2D eigenvalue weighted by Crippen LogP contribution is -1.91. The zero-order valence-corrected chi connectivity index (χ0v) is 11.9. The Hall–Kier alpha value is -2.86. The molecule has 0 spiro atoms. The first kappa shape index (κ1) is 12.8. The smallest absolute Gasteiger partial charge is 0.231 e. The number of rotatable bonds is 2. The minimum Gasteiger partial charge on any atom is -0.507 e. The average molecular weight is 313 g/mol. The number of fused-ring (bicyclic) bond motifs is 1. The summed E-state index contributed by atoms with van der Waals surface area (Å²) in [6.45, 7) is 0. The largest absolute Gasteiger partial charge is 0.507 e. The highest BCUT2D eigenvalue weighted by Gasteiger charge is 2.14. The molecule has 0 fully saturated rings. The van der Waals surface area contributed by atoms with Crippen molar-refractivity contribution in [3.05, 3.63) is 54.1 Å². The van der Waals surface area contributed by atoms with Gasteiger partial charge in [-0.05, 0) is 36.4 Å². The third-order valence-corrected chi connectivity index (χ3v) is 3.51. The van der Waals surface area contributed by atoms with Gasteiger partial charge in [0, 0.05) is 10.7 Å². The van der Waals surface area contributed by atoms with Crippen LogP contribution in [-0.4, -0.2) is 24.9 Å². The fourth-order valence-corrected chi connectivity index (χ4v) is 2.37. The fourth-order valence-electron chi connectivity index (χ4n) is 2.21. The van der Waals surface area contributed by atoms with Crippen molar-refractivity contribution in [1.29, 1.82) is 0 Å². The number of aromatic hydroxyl groups is 1. The van der Waals surface area contributed by atoms with E-state index in [1.165, 1.54) is 0 Å². The highest BCUT2D eigenvalue weighted by atomic mass is 35.5. The van der Waals surface area contributed by atoms with E-state index >= 15 is 0 Å². The number of nitrogens with zero attached hydrogens (tertiary/aromatic N) is 4. The predicted molar refractivity (Wildman–Crippen MR) is 81.0 cm³/mol. The summed E-state index contributed by atoms with van der Waals surface area (Å²) in [5.41, 5.74) is 2.52. The SMILES string of the molecule is Oc1ccc(-n2cnnc2)cc1-c1nc2cc(Cl)ccc2o1. The van der Waals surface area contributed by atoms with Crippen molar-refractivity contribution in [2.24, 2.45) is 0 Å². The molecule has 2 aromatic carbocycles. The second-order valence-electron chi connectivity index (χ2n) is 4.70. The van der Waals surface area contributed by atoms with Crippen LogP contribution in [0.5, 0.6) is 5.75 Å². The van der Waals surface area contributed by atoms with E-state index in [0.29, 0.717) is 27.6 Å². The molecule has 0 atom stereocenters. The third kappa shape index (κ3) is 2.10. The van der Waals surface area contributed by atoms with E-state index in [0.717, 1.165) is 5.69 Å². The molecular weight excluding hydrogens is 304 g/mol. The first-order valence-electron chi connectivity index (χ1n) is 6.45. The molecule has 2 aromatic heterocycles. The molecule has 0 unspecified atom stereocenters. The third-order valence-electron chi connectivity index (χ3n) is 3.28.